The Morgan fingerprint density at radius 1 is 1.18 bits per heavy atom. The predicted molar refractivity (Wildman–Crippen MR) is 48.4 cm³/mol. The number of ether oxygens (including phenoxy) is 1. The van der Waals surface area contributed by atoms with Gasteiger partial charge in [-0.15, -0.1) is 0 Å². The Labute approximate surface area is 70.1 Å². The zero-order valence-corrected chi connectivity index (χ0v) is 7.81. The highest BCUT2D eigenvalue weighted by atomic mass is 16.5. The molecule has 2 N–H and O–H groups in total. The molecule has 0 aliphatic rings. The van der Waals surface area contributed by atoms with Crippen molar-refractivity contribution in [3.63, 3.8) is 0 Å². The van der Waals surface area contributed by atoms with Crippen molar-refractivity contribution in [1.29, 1.82) is 0 Å². The Balaban J connectivity index is 3.34. The third kappa shape index (κ3) is 6.32. The van der Waals surface area contributed by atoms with Gasteiger partial charge in [0.1, 0.15) is 0 Å². The molecule has 11 heavy (non-hydrogen) atoms. The summed E-state index contributed by atoms with van der Waals surface area (Å²) in [5.74, 6) is 0. The van der Waals surface area contributed by atoms with Gasteiger partial charge in [0.15, 0.2) is 0 Å². The SMILES string of the molecule is CCCCC(CCC)OCN. The molecule has 0 aromatic heterocycles. The quantitative estimate of drug-likeness (QED) is 0.578. The summed E-state index contributed by atoms with van der Waals surface area (Å²) in [5, 5.41) is 0. The third-order valence-corrected chi connectivity index (χ3v) is 1.82. The van der Waals surface area contributed by atoms with Crippen molar-refractivity contribution in [2.75, 3.05) is 6.73 Å². The lowest BCUT2D eigenvalue weighted by Gasteiger charge is -2.14. The summed E-state index contributed by atoms with van der Waals surface area (Å²) in [6, 6.07) is 0. The van der Waals surface area contributed by atoms with Gasteiger partial charge < -0.3 is 10.5 Å². The summed E-state index contributed by atoms with van der Waals surface area (Å²) in [6.45, 7) is 4.75. The van der Waals surface area contributed by atoms with Gasteiger partial charge in [0.05, 0.1) is 12.8 Å². The summed E-state index contributed by atoms with van der Waals surface area (Å²) in [4.78, 5) is 0. The molecule has 0 bridgehead atoms. The van der Waals surface area contributed by atoms with Gasteiger partial charge in [-0.1, -0.05) is 33.1 Å². The number of unbranched alkanes of at least 4 members (excludes halogenated alkanes) is 1. The Morgan fingerprint density at radius 2 is 1.91 bits per heavy atom. The van der Waals surface area contributed by atoms with Gasteiger partial charge >= 0.3 is 0 Å². The summed E-state index contributed by atoms with van der Waals surface area (Å²) < 4.78 is 5.36. The van der Waals surface area contributed by atoms with Crippen LogP contribution < -0.4 is 5.73 Å². The molecule has 0 aromatic rings. The summed E-state index contributed by atoms with van der Waals surface area (Å²) in [6.07, 6.45) is 6.41. The van der Waals surface area contributed by atoms with Gasteiger partial charge in [-0.25, -0.2) is 0 Å². The number of nitrogens with two attached hydrogens (primary N) is 1. The monoisotopic (exact) mass is 159 g/mol. The fourth-order valence-electron chi connectivity index (χ4n) is 1.20. The Hall–Kier alpha value is -0.0800. The first-order valence-electron chi connectivity index (χ1n) is 4.66. The minimum absolute atomic E-state index is 0.369. The maximum absolute atomic E-state index is 5.36. The van der Waals surface area contributed by atoms with E-state index < -0.39 is 0 Å². The molecule has 0 heterocycles. The molecule has 2 nitrogen and oxygen atoms in total. The van der Waals surface area contributed by atoms with E-state index in [1.807, 2.05) is 0 Å². The van der Waals surface area contributed by atoms with E-state index in [0.29, 0.717) is 12.8 Å². The van der Waals surface area contributed by atoms with Crippen LogP contribution in [-0.2, 0) is 4.74 Å². The van der Waals surface area contributed by atoms with E-state index in [0.717, 1.165) is 6.42 Å². The number of hydrogen-bond acceptors (Lipinski definition) is 2. The molecule has 0 spiro atoms. The van der Waals surface area contributed by atoms with Crippen molar-refractivity contribution in [3.8, 4) is 0 Å². The Morgan fingerprint density at radius 3 is 2.36 bits per heavy atom. The van der Waals surface area contributed by atoms with Crippen LogP contribution in [0, 0.1) is 0 Å². The van der Waals surface area contributed by atoms with Crippen molar-refractivity contribution in [3.05, 3.63) is 0 Å². The van der Waals surface area contributed by atoms with Crippen LogP contribution in [0.5, 0.6) is 0 Å². The van der Waals surface area contributed by atoms with Crippen LogP contribution in [0.3, 0.4) is 0 Å². The average Bonchev–Trinajstić information content (AvgIpc) is 2.01. The zero-order valence-electron chi connectivity index (χ0n) is 7.81. The topological polar surface area (TPSA) is 35.2 Å². The molecular formula is C9H21NO. The van der Waals surface area contributed by atoms with Crippen molar-refractivity contribution in [1.82, 2.24) is 0 Å². The summed E-state index contributed by atoms with van der Waals surface area (Å²) in [5.41, 5.74) is 5.31. The van der Waals surface area contributed by atoms with Crippen LogP contribution in [0.15, 0.2) is 0 Å². The molecule has 0 radical (unpaired) electrons. The minimum Gasteiger partial charge on any atom is -0.363 e. The highest BCUT2D eigenvalue weighted by molar-refractivity contribution is 4.56. The molecule has 68 valence electrons. The van der Waals surface area contributed by atoms with Crippen LogP contribution in [0.2, 0.25) is 0 Å². The molecule has 0 aromatic carbocycles. The zero-order chi connectivity index (χ0) is 8.53. The highest BCUT2D eigenvalue weighted by Crippen LogP contribution is 2.09. The van der Waals surface area contributed by atoms with E-state index in [9.17, 15) is 0 Å². The lowest BCUT2D eigenvalue weighted by molar-refractivity contribution is 0.0441. The van der Waals surface area contributed by atoms with Crippen LogP contribution in [-0.4, -0.2) is 12.8 Å². The largest absolute Gasteiger partial charge is 0.363 e. The standard InChI is InChI=1S/C9H21NO/c1-3-5-7-9(6-4-2)11-8-10/h9H,3-8,10H2,1-2H3. The molecule has 0 saturated carbocycles. The fraction of sp³-hybridized carbons (Fsp3) is 1.00. The second-order valence-corrected chi connectivity index (χ2v) is 2.89. The van der Waals surface area contributed by atoms with Crippen LogP contribution in [0.1, 0.15) is 46.0 Å². The van der Waals surface area contributed by atoms with Gasteiger partial charge in [-0.3, -0.25) is 0 Å². The van der Waals surface area contributed by atoms with E-state index in [1.54, 1.807) is 0 Å². The molecule has 0 fully saturated rings. The molecule has 0 amide bonds. The highest BCUT2D eigenvalue weighted by Gasteiger charge is 2.05. The molecule has 0 rings (SSSR count). The molecule has 1 atom stereocenters. The van der Waals surface area contributed by atoms with Crippen molar-refractivity contribution < 1.29 is 4.74 Å². The smallest absolute Gasteiger partial charge is 0.0944 e. The minimum atomic E-state index is 0.369. The molecule has 0 saturated heterocycles. The lowest BCUT2D eigenvalue weighted by Crippen LogP contribution is -2.17. The van der Waals surface area contributed by atoms with Crippen LogP contribution >= 0.6 is 0 Å². The molecule has 0 aliphatic heterocycles. The van der Waals surface area contributed by atoms with E-state index >= 15 is 0 Å². The van der Waals surface area contributed by atoms with Crippen molar-refractivity contribution in [2.45, 2.75) is 52.1 Å². The fourth-order valence-corrected chi connectivity index (χ4v) is 1.20. The van der Waals surface area contributed by atoms with E-state index in [-0.39, 0.29) is 0 Å². The Bertz CT molecular complexity index is 70.0. The lowest BCUT2D eigenvalue weighted by atomic mass is 10.1. The second kappa shape index (κ2) is 8.02. The van der Waals surface area contributed by atoms with Gasteiger partial charge in [-0.05, 0) is 12.8 Å². The second-order valence-electron chi connectivity index (χ2n) is 2.89. The first kappa shape index (κ1) is 10.9. The number of hydrogen-bond donors (Lipinski definition) is 1. The summed E-state index contributed by atoms with van der Waals surface area (Å²) in [7, 11) is 0. The average molecular weight is 159 g/mol. The first-order valence-corrected chi connectivity index (χ1v) is 4.66. The molecule has 2 heteroatoms. The van der Waals surface area contributed by atoms with Crippen molar-refractivity contribution >= 4 is 0 Å². The van der Waals surface area contributed by atoms with Gasteiger partial charge in [0.25, 0.3) is 0 Å². The maximum atomic E-state index is 5.36. The van der Waals surface area contributed by atoms with Gasteiger partial charge in [-0.2, -0.15) is 0 Å². The van der Waals surface area contributed by atoms with Crippen molar-refractivity contribution in [2.24, 2.45) is 5.73 Å². The van der Waals surface area contributed by atoms with Gasteiger partial charge in [0.2, 0.25) is 0 Å². The van der Waals surface area contributed by atoms with Gasteiger partial charge in [0, 0.05) is 0 Å². The molecule has 1 unspecified atom stereocenters. The first-order chi connectivity index (χ1) is 5.35. The number of rotatable bonds is 7. The normalized spacial score (nSPS) is 13.4. The summed E-state index contributed by atoms with van der Waals surface area (Å²) >= 11 is 0. The molecule has 0 aliphatic carbocycles. The van der Waals surface area contributed by atoms with E-state index in [2.05, 4.69) is 13.8 Å². The molecular weight excluding hydrogens is 138 g/mol. The van der Waals surface area contributed by atoms with Crippen LogP contribution in [0.25, 0.3) is 0 Å². The third-order valence-electron chi connectivity index (χ3n) is 1.82. The van der Waals surface area contributed by atoms with Crippen LogP contribution in [0.4, 0.5) is 0 Å². The maximum Gasteiger partial charge on any atom is 0.0944 e. The Kier molecular flexibility index (Phi) is 7.96. The van der Waals surface area contributed by atoms with E-state index in [4.69, 9.17) is 10.5 Å². The predicted octanol–water partition coefficient (Wildman–Crippen LogP) is 2.28. The van der Waals surface area contributed by atoms with E-state index in [1.165, 1.54) is 25.7 Å².